The third kappa shape index (κ3) is 19.8. The van der Waals surface area contributed by atoms with Gasteiger partial charge in [0.2, 0.25) is 0 Å². The Morgan fingerprint density at radius 3 is 1.13 bits per heavy atom. The van der Waals surface area contributed by atoms with E-state index in [1.165, 1.54) is 47.1 Å². The van der Waals surface area contributed by atoms with Gasteiger partial charge in [-0.2, -0.15) is 0 Å². The van der Waals surface area contributed by atoms with E-state index in [0.29, 0.717) is 0 Å². The summed E-state index contributed by atoms with van der Waals surface area (Å²) >= 11 is 0. The molecule has 0 radical (unpaired) electrons. The van der Waals surface area contributed by atoms with Gasteiger partial charge in [-0.25, -0.2) is 0 Å². The Morgan fingerprint density at radius 1 is 0.452 bits per heavy atom. The summed E-state index contributed by atoms with van der Waals surface area (Å²) in [5.41, 5.74) is 8.18. The molecule has 0 aliphatic heterocycles. The van der Waals surface area contributed by atoms with E-state index in [-0.39, 0.29) is 0 Å². The van der Waals surface area contributed by atoms with Gasteiger partial charge in [0.1, 0.15) is 6.29 Å². The lowest BCUT2D eigenvalue weighted by Crippen LogP contribution is -1.82. The number of allylic oxidation sites excluding steroid dienone is 12. The monoisotopic (exact) mass is 424 g/mol. The number of carbonyl (C=O) groups is 1. The van der Waals surface area contributed by atoms with Crippen LogP contribution in [0, 0.1) is 0 Å². The fourth-order valence-corrected chi connectivity index (χ4v) is 3.32. The van der Waals surface area contributed by atoms with Crippen LogP contribution in [0.1, 0.15) is 113 Å². The Morgan fingerprint density at radius 2 is 0.774 bits per heavy atom. The average molecular weight is 425 g/mol. The lowest BCUT2D eigenvalue weighted by Gasteiger charge is -2.02. The summed E-state index contributed by atoms with van der Waals surface area (Å²) in [5.74, 6) is 0. The van der Waals surface area contributed by atoms with Crippen molar-refractivity contribution in [2.75, 3.05) is 0 Å². The topological polar surface area (TPSA) is 17.1 Å². The highest BCUT2D eigenvalue weighted by molar-refractivity contribution is 5.71. The van der Waals surface area contributed by atoms with Gasteiger partial charge >= 0.3 is 0 Å². The molecule has 0 heterocycles. The van der Waals surface area contributed by atoms with E-state index in [0.717, 1.165) is 56.8 Å². The highest BCUT2D eigenvalue weighted by atomic mass is 16.1. The molecule has 0 atom stereocenters. The Kier molecular flexibility index (Phi) is 17.7. The molecule has 1 nitrogen and oxygen atoms in total. The first kappa shape index (κ1) is 29.1. The summed E-state index contributed by atoms with van der Waals surface area (Å²) in [7, 11) is 0. The van der Waals surface area contributed by atoms with Crippen molar-refractivity contribution in [3.8, 4) is 0 Å². The molecule has 0 fully saturated rings. The van der Waals surface area contributed by atoms with E-state index >= 15 is 0 Å². The molecular weight excluding hydrogens is 376 g/mol. The van der Waals surface area contributed by atoms with Gasteiger partial charge in [-0.1, -0.05) is 64.3 Å². The van der Waals surface area contributed by atoms with Gasteiger partial charge in [0.05, 0.1) is 0 Å². The normalized spacial score (nSPS) is 14.1. The smallest absolute Gasteiger partial charge is 0.145 e. The van der Waals surface area contributed by atoms with Gasteiger partial charge in [0, 0.05) is 0 Å². The molecule has 174 valence electrons. The van der Waals surface area contributed by atoms with Crippen LogP contribution in [0.2, 0.25) is 0 Å². The Labute approximate surface area is 193 Å². The number of unbranched alkanes of at least 4 members (excludes halogenated alkanes) is 1. The molecule has 0 aromatic carbocycles. The maximum absolute atomic E-state index is 10.6. The van der Waals surface area contributed by atoms with Gasteiger partial charge in [0.25, 0.3) is 0 Å². The minimum atomic E-state index is 0.831. The predicted octanol–water partition coefficient (Wildman–Crippen LogP) is 9.78. The minimum absolute atomic E-state index is 0.831. The molecule has 0 spiro atoms. The van der Waals surface area contributed by atoms with E-state index < -0.39 is 0 Å². The van der Waals surface area contributed by atoms with Crippen LogP contribution in [-0.2, 0) is 4.79 Å². The van der Waals surface area contributed by atoms with Crippen LogP contribution < -0.4 is 0 Å². The molecule has 1 heteroatoms. The Hall–Kier alpha value is -1.89. The quantitative estimate of drug-likeness (QED) is 0.104. The fourth-order valence-electron chi connectivity index (χ4n) is 3.32. The lowest BCUT2D eigenvalue weighted by molar-refractivity contribution is -0.104. The van der Waals surface area contributed by atoms with E-state index in [9.17, 15) is 4.79 Å². The molecule has 31 heavy (non-hydrogen) atoms. The van der Waals surface area contributed by atoms with Crippen LogP contribution in [0.25, 0.3) is 0 Å². The highest BCUT2D eigenvalue weighted by Crippen LogP contribution is 2.14. The molecule has 0 aromatic heterocycles. The van der Waals surface area contributed by atoms with E-state index in [1.807, 2.05) is 13.0 Å². The molecule has 0 saturated carbocycles. The van der Waals surface area contributed by atoms with Crippen molar-refractivity contribution < 1.29 is 4.79 Å². The van der Waals surface area contributed by atoms with E-state index in [4.69, 9.17) is 0 Å². The first-order valence-electron chi connectivity index (χ1n) is 12.1. The van der Waals surface area contributed by atoms with Crippen LogP contribution in [0.15, 0.2) is 69.9 Å². The molecule has 0 amide bonds. The lowest BCUT2D eigenvalue weighted by atomic mass is 10.0. The van der Waals surface area contributed by atoms with Crippen molar-refractivity contribution in [3.05, 3.63) is 69.9 Å². The third-order valence-corrected chi connectivity index (χ3v) is 5.50. The van der Waals surface area contributed by atoms with Crippen molar-refractivity contribution in [2.24, 2.45) is 0 Å². The van der Waals surface area contributed by atoms with Crippen molar-refractivity contribution >= 4 is 6.29 Å². The maximum atomic E-state index is 10.6. The minimum Gasteiger partial charge on any atom is -0.298 e. The van der Waals surface area contributed by atoms with Crippen molar-refractivity contribution in [3.63, 3.8) is 0 Å². The van der Waals surface area contributed by atoms with Gasteiger partial charge in [0.15, 0.2) is 0 Å². The average Bonchev–Trinajstić information content (AvgIpc) is 2.70. The van der Waals surface area contributed by atoms with Gasteiger partial charge in [-0.05, 0) is 118 Å². The third-order valence-electron chi connectivity index (χ3n) is 5.50. The molecule has 0 aliphatic rings. The Bertz CT molecular complexity index is 688. The van der Waals surface area contributed by atoms with Gasteiger partial charge < -0.3 is 0 Å². The van der Waals surface area contributed by atoms with Crippen molar-refractivity contribution in [1.82, 2.24) is 0 Å². The number of aldehydes is 1. The molecule has 0 aromatic rings. The highest BCUT2D eigenvalue weighted by Gasteiger charge is 1.94. The van der Waals surface area contributed by atoms with E-state index in [2.05, 4.69) is 71.9 Å². The zero-order valence-electron chi connectivity index (χ0n) is 21.5. The molecule has 0 rings (SSSR count). The summed E-state index contributed by atoms with van der Waals surface area (Å²) in [6.45, 7) is 15.2. The largest absolute Gasteiger partial charge is 0.298 e. The predicted molar refractivity (Wildman–Crippen MR) is 140 cm³/mol. The SMILES string of the molecule is CC(C)=CCC/C(C)=C/CC/C(C)=C/CC/C=C(\C)CC/C=C(/C)CC/C=C(\C)C=O. The standard InChI is InChI=1S/C30H48O/c1-25(2)14-10-17-28(5)20-11-18-26(3)15-8-9-16-27(4)19-12-21-29(6)22-13-23-30(7)24-31/h14-16,20-21,23-24H,8-13,17-19,22H2,1-7H3/b26-15+,27-16+,28-20+,29-21-,30-23+. The summed E-state index contributed by atoms with van der Waals surface area (Å²) in [4.78, 5) is 10.6. The molecule has 0 bridgehead atoms. The molecule has 0 saturated heterocycles. The summed E-state index contributed by atoms with van der Waals surface area (Å²) < 4.78 is 0. The molecular formula is C30H48O. The fraction of sp³-hybridized carbons (Fsp3) is 0.567. The molecule has 0 unspecified atom stereocenters. The van der Waals surface area contributed by atoms with Crippen LogP contribution in [0.5, 0.6) is 0 Å². The number of rotatable bonds is 16. The Balaban J connectivity index is 4.08. The summed E-state index contributed by atoms with van der Waals surface area (Å²) in [6, 6.07) is 0. The van der Waals surface area contributed by atoms with Crippen LogP contribution in [-0.4, -0.2) is 6.29 Å². The zero-order valence-corrected chi connectivity index (χ0v) is 21.5. The van der Waals surface area contributed by atoms with Crippen LogP contribution in [0.3, 0.4) is 0 Å². The number of carbonyl (C=O) groups excluding carboxylic acids is 1. The summed E-state index contributed by atoms with van der Waals surface area (Å²) in [5, 5.41) is 0. The van der Waals surface area contributed by atoms with Crippen LogP contribution in [0.4, 0.5) is 0 Å². The van der Waals surface area contributed by atoms with Crippen LogP contribution >= 0.6 is 0 Å². The molecule has 0 aliphatic carbocycles. The number of hydrogen-bond donors (Lipinski definition) is 0. The maximum Gasteiger partial charge on any atom is 0.145 e. The second-order valence-corrected chi connectivity index (χ2v) is 9.28. The summed E-state index contributed by atoms with van der Waals surface area (Å²) in [6.07, 6.45) is 26.1. The first-order chi connectivity index (χ1) is 14.7. The van der Waals surface area contributed by atoms with Crippen molar-refractivity contribution in [1.29, 1.82) is 0 Å². The van der Waals surface area contributed by atoms with E-state index in [1.54, 1.807) is 0 Å². The van der Waals surface area contributed by atoms with Crippen molar-refractivity contribution in [2.45, 2.75) is 113 Å². The first-order valence-corrected chi connectivity index (χ1v) is 12.1. The number of hydrogen-bond acceptors (Lipinski definition) is 1. The second kappa shape index (κ2) is 18.8. The second-order valence-electron chi connectivity index (χ2n) is 9.28. The van der Waals surface area contributed by atoms with Gasteiger partial charge in [-0.15, -0.1) is 0 Å². The molecule has 0 N–H and O–H groups in total. The zero-order chi connectivity index (χ0) is 23.5. The van der Waals surface area contributed by atoms with Gasteiger partial charge in [-0.3, -0.25) is 4.79 Å².